The van der Waals surface area contributed by atoms with Gasteiger partial charge in [-0.1, -0.05) is 37.3 Å². The first-order valence-electron chi connectivity index (χ1n) is 9.64. The van der Waals surface area contributed by atoms with Crippen LogP contribution in [0.3, 0.4) is 0 Å². The van der Waals surface area contributed by atoms with Crippen LogP contribution in [0.4, 0.5) is 0 Å². The van der Waals surface area contributed by atoms with Crippen LogP contribution in [0, 0.1) is 0 Å². The van der Waals surface area contributed by atoms with Crippen LogP contribution in [0.1, 0.15) is 31.4 Å². The van der Waals surface area contributed by atoms with Crippen LogP contribution < -0.4 is 9.46 Å². The molecule has 152 valence electrons. The standard InChI is InChI=1S/C23H26N2O3S/c1-18(23-17-20(14-16-24-23)19-8-4-3-5-9-19)7-6-15-25-29(26,27)22-12-10-21(28-2)11-13-22/h3-5,8-14,16-18,25H,6-7,15H2,1-2H3. The maximum absolute atomic E-state index is 12.4. The third-order valence-electron chi connectivity index (χ3n) is 4.87. The van der Waals surface area contributed by atoms with Crippen LogP contribution in [-0.2, 0) is 10.0 Å². The number of rotatable bonds is 9. The molecule has 5 nitrogen and oxygen atoms in total. The summed E-state index contributed by atoms with van der Waals surface area (Å²) in [7, 11) is -1.96. The molecule has 0 saturated heterocycles. The number of benzene rings is 2. The highest BCUT2D eigenvalue weighted by molar-refractivity contribution is 7.89. The van der Waals surface area contributed by atoms with Gasteiger partial charge >= 0.3 is 0 Å². The van der Waals surface area contributed by atoms with E-state index in [4.69, 9.17) is 4.74 Å². The van der Waals surface area contributed by atoms with Gasteiger partial charge in [0.2, 0.25) is 10.0 Å². The lowest BCUT2D eigenvalue weighted by molar-refractivity contribution is 0.414. The van der Waals surface area contributed by atoms with Gasteiger partial charge in [0.1, 0.15) is 5.75 Å². The van der Waals surface area contributed by atoms with E-state index in [1.54, 1.807) is 31.4 Å². The normalized spacial score (nSPS) is 12.5. The highest BCUT2D eigenvalue weighted by Crippen LogP contribution is 2.24. The smallest absolute Gasteiger partial charge is 0.240 e. The number of methoxy groups -OCH3 is 1. The molecular formula is C23H26N2O3S. The molecule has 1 heterocycles. The van der Waals surface area contributed by atoms with Crippen molar-refractivity contribution in [3.63, 3.8) is 0 Å². The molecule has 1 N–H and O–H groups in total. The predicted octanol–water partition coefficient (Wildman–Crippen LogP) is 4.62. The van der Waals surface area contributed by atoms with E-state index in [-0.39, 0.29) is 10.8 Å². The Labute approximate surface area is 172 Å². The molecular weight excluding hydrogens is 384 g/mol. The van der Waals surface area contributed by atoms with Crippen LogP contribution in [-0.4, -0.2) is 27.1 Å². The van der Waals surface area contributed by atoms with Crippen LogP contribution in [0.15, 0.2) is 77.8 Å². The second kappa shape index (κ2) is 9.67. The molecule has 6 heteroatoms. The zero-order valence-electron chi connectivity index (χ0n) is 16.7. The van der Waals surface area contributed by atoms with Crippen LogP contribution in [0.5, 0.6) is 5.75 Å². The summed E-state index contributed by atoms with van der Waals surface area (Å²) in [6.07, 6.45) is 3.41. The highest BCUT2D eigenvalue weighted by atomic mass is 32.2. The topological polar surface area (TPSA) is 68.3 Å². The maximum Gasteiger partial charge on any atom is 0.240 e. The minimum atomic E-state index is -3.51. The molecule has 0 aliphatic carbocycles. The van der Waals surface area contributed by atoms with Crippen molar-refractivity contribution in [1.29, 1.82) is 0 Å². The molecule has 2 aromatic carbocycles. The molecule has 1 atom stereocenters. The number of hydrogen-bond donors (Lipinski definition) is 1. The quantitative estimate of drug-likeness (QED) is 0.523. The van der Waals surface area contributed by atoms with Gasteiger partial charge in [-0.2, -0.15) is 0 Å². The molecule has 0 saturated carbocycles. The second-order valence-electron chi connectivity index (χ2n) is 6.95. The number of hydrogen-bond acceptors (Lipinski definition) is 4. The summed E-state index contributed by atoms with van der Waals surface area (Å²) < 4.78 is 32.5. The van der Waals surface area contributed by atoms with Crippen molar-refractivity contribution in [3.05, 3.63) is 78.6 Å². The largest absolute Gasteiger partial charge is 0.497 e. The highest BCUT2D eigenvalue weighted by Gasteiger charge is 2.14. The second-order valence-corrected chi connectivity index (χ2v) is 8.72. The molecule has 0 radical (unpaired) electrons. The van der Waals surface area contributed by atoms with E-state index >= 15 is 0 Å². The molecule has 0 aliphatic heterocycles. The number of sulfonamides is 1. The van der Waals surface area contributed by atoms with Gasteiger partial charge in [0.05, 0.1) is 12.0 Å². The molecule has 1 aromatic heterocycles. The van der Waals surface area contributed by atoms with Crippen molar-refractivity contribution in [2.24, 2.45) is 0 Å². The lowest BCUT2D eigenvalue weighted by Crippen LogP contribution is -2.25. The van der Waals surface area contributed by atoms with E-state index in [0.717, 1.165) is 29.7 Å². The van der Waals surface area contributed by atoms with Gasteiger partial charge in [-0.25, -0.2) is 13.1 Å². The van der Waals surface area contributed by atoms with E-state index in [1.165, 1.54) is 0 Å². The van der Waals surface area contributed by atoms with Gasteiger partial charge in [0.25, 0.3) is 0 Å². The molecule has 0 fully saturated rings. The van der Waals surface area contributed by atoms with Crippen molar-refractivity contribution in [2.75, 3.05) is 13.7 Å². The summed E-state index contributed by atoms with van der Waals surface area (Å²) in [5.41, 5.74) is 3.32. The van der Waals surface area contributed by atoms with E-state index in [0.29, 0.717) is 12.3 Å². The van der Waals surface area contributed by atoms with Gasteiger partial charge < -0.3 is 4.74 Å². The van der Waals surface area contributed by atoms with E-state index in [1.807, 2.05) is 30.5 Å². The van der Waals surface area contributed by atoms with Crippen molar-refractivity contribution >= 4 is 10.0 Å². The van der Waals surface area contributed by atoms with Crippen LogP contribution in [0.25, 0.3) is 11.1 Å². The fourth-order valence-corrected chi connectivity index (χ4v) is 4.20. The number of nitrogens with zero attached hydrogens (tertiary/aromatic N) is 1. The summed E-state index contributed by atoms with van der Waals surface area (Å²) in [6, 6.07) is 20.7. The van der Waals surface area contributed by atoms with E-state index in [9.17, 15) is 8.42 Å². The molecule has 3 aromatic rings. The fourth-order valence-electron chi connectivity index (χ4n) is 3.13. The fraction of sp³-hybridized carbons (Fsp3) is 0.261. The number of nitrogens with one attached hydrogen (secondary N) is 1. The molecule has 0 bridgehead atoms. The summed E-state index contributed by atoms with van der Waals surface area (Å²) >= 11 is 0. The van der Waals surface area contributed by atoms with Gasteiger partial charge in [0.15, 0.2) is 0 Å². The lowest BCUT2D eigenvalue weighted by atomic mass is 9.98. The van der Waals surface area contributed by atoms with Gasteiger partial charge in [-0.3, -0.25) is 4.98 Å². The molecule has 0 spiro atoms. The molecule has 1 unspecified atom stereocenters. The van der Waals surface area contributed by atoms with E-state index in [2.05, 4.69) is 34.8 Å². The monoisotopic (exact) mass is 410 g/mol. The zero-order chi connectivity index (χ0) is 20.7. The summed E-state index contributed by atoms with van der Waals surface area (Å²) in [6.45, 7) is 2.51. The molecule has 3 rings (SSSR count). The molecule has 29 heavy (non-hydrogen) atoms. The van der Waals surface area contributed by atoms with Crippen molar-refractivity contribution in [2.45, 2.75) is 30.6 Å². The zero-order valence-corrected chi connectivity index (χ0v) is 17.5. The van der Waals surface area contributed by atoms with Crippen LogP contribution >= 0.6 is 0 Å². The Balaban J connectivity index is 1.54. The Morgan fingerprint density at radius 3 is 2.41 bits per heavy atom. The van der Waals surface area contributed by atoms with Gasteiger partial charge in [0, 0.05) is 18.4 Å². The number of aromatic nitrogens is 1. The number of pyridine rings is 1. The minimum Gasteiger partial charge on any atom is -0.497 e. The van der Waals surface area contributed by atoms with Crippen LogP contribution in [0.2, 0.25) is 0 Å². The van der Waals surface area contributed by atoms with Crippen molar-refractivity contribution < 1.29 is 13.2 Å². The first-order valence-corrected chi connectivity index (χ1v) is 11.1. The average Bonchev–Trinajstić information content (AvgIpc) is 2.77. The van der Waals surface area contributed by atoms with Crippen molar-refractivity contribution in [1.82, 2.24) is 9.71 Å². The minimum absolute atomic E-state index is 0.239. The Morgan fingerprint density at radius 1 is 1.00 bits per heavy atom. The SMILES string of the molecule is COc1ccc(S(=O)(=O)NCCCC(C)c2cc(-c3ccccc3)ccn2)cc1. The Morgan fingerprint density at radius 2 is 1.72 bits per heavy atom. The first kappa shape index (κ1) is 21.0. The summed E-state index contributed by atoms with van der Waals surface area (Å²) in [4.78, 5) is 4.75. The molecule has 0 aliphatic rings. The van der Waals surface area contributed by atoms with Gasteiger partial charge in [-0.15, -0.1) is 0 Å². The summed E-state index contributed by atoms with van der Waals surface area (Å²) in [5.74, 6) is 0.868. The Kier molecular flexibility index (Phi) is 7.01. The predicted molar refractivity (Wildman–Crippen MR) is 116 cm³/mol. The Bertz CT molecular complexity index is 1020. The van der Waals surface area contributed by atoms with E-state index < -0.39 is 10.0 Å². The lowest BCUT2D eigenvalue weighted by Gasteiger charge is -2.13. The third kappa shape index (κ3) is 5.65. The molecule has 0 amide bonds. The average molecular weight is 411 g/mol. The van der Waals surface area contributed by atoms with Gasteiger partial charge in [-0.05, 0) is 66.3 Å². The summed E-state index contributed by atoms with van der Waals surface area (Å²) in [5, 5.41) is 0. The first-order chi connectivity index (χ1) is 14.0. The Hall–Kier alpha value is -2.70. The maximum atomic E-state index is 12.4. The number of ether oxygens (including phenoxy) is 1. The third-order valence-corrected chi connectivity index (χ3v) is 6.35. The van der Waals surface area contributed by atoms with Crippen molar-refractivity contribution in [3.8, 4) is 16.9 Å².